The first kappa shape index (κ1) is 21.0. The Hall–Kier alpha value is -2.56. The van der Waals surface area contributed by atoms with E-state index >= 15 is 0 Å². The van der Waals surface area contributed by atoms with Crippen molar-refractivity contribution < 1.29 is 17.9 Å². The molecule has 0 radical (unpaired) electrons. The largest absolute Gasteiger partial charge is 0.472 e. The van der Waals surface area contributed by atoms with Gasteiger partial charge in [0.05, 0.1) is 29.4 Å². The van der Waals surface area contributed by atoms with Crippen molar-refractivity contribution in [2.75, 3.05) is 38.1 Å². The van der Waals surface area contributed by atoms with E-state index in [9.17, 15) is 13.2 Å². The van der Waals surface area contributed by atoms with Crippen LogP contribution in [0.1, 0.15) is 36.4 Å². The second-order valence-corrected chi connectivity index (χ2v) is 11.4. The number of hydrogen-bond donors (Lipinski definition) is 0. The summed E-state index contributed by atoms with van der Waals surface area (Å²) in [5.74, 6) is 1.08. The SMILES string of the molecule is CN1C(=O)Cc2cc(S(=O)(=O)N3CCN4C[C@H](Oc5cnc(C6CC6)cn5)C[C@H]4C3)ccc21. The number of amides is 1. The van der Waals surface area contributed by atoms with Crippen LogP contribution in [-0.4, -0.2) is 78.9 Å². The molecule has 1 aromatic carbocycles. The molecular weight excluding hydrogens is 442 g/mol. The van der Waals surface area contributed by atoms with E-state index in [-0.39, 0.29) is 29.4 Å². The van der Waals surface area contributed by atoms with E-state index in [0.717, 1.165) is 29.9 Å². The van der Waals surface area contributed by atoms with Crippen molar-refractivity contribution in [3.05, 3.63) is 41.9 Å². The van der Waals surface area contributed by atoms with Gasteiger partial charge in [0.2, 0.25) is 21.8 Å². The third-order valence-electron chi connectivity index (χ3n) is 7.24. The van der Waals surface area contributed by atoms with Crippen LogP contribution in [0.5, 0.6) is 5.88 Å². The highest BCUT2D eigenvalue weighted by atomic mass is 32.2. The molecule has 1 aliphatic carbocycles. The molecule has 10 heteroatoms. The smallest absolute Gasteiger partial charge is 0.243 e. The third kappa shape index (κ3) is 3.79. The predicted molar refractivity (Wildman–Crippen MR) is 121 cm³/mol. The number of benzene rings is 1. The first-order chi connectivity index (χ1) is 15.9. The van der Waals surface area contributed by atoms with Crippen molar-refractivity contribution in [3.8, 4) is 5.88 Å². The molecule has 174 valence electrons. The minimum absolute atomic E-state index is 0.0166. The molecule has 2 saturated heterocycles. The second-order valence-electron chi connectivity index (χ2n) is 9.46. The van der Waals surface area contributed by atoms with Crippen LogP contribution in [0, 0.1) is 0 Å². The zero-order valence-electron chi connectivity index (χ0n) is 18.6. The number of sulfonamides is 1. The van der Waals surface area contributed by atoms with E-state index in [4.69, 9.17) is 4.74 Å². The van der Waals surface area contributed by atoms with Crippen LogP contribution < -0.4 is 9.64 Å². The van der Waals surface area contributed by atoms with Crippen molar-refractivity contribution >= 4 is 21.6 Å². The first-order valence-corrected chi connectivity index (χ1v) is 12.9. The van der Waals surface area contributed by atoms with Gasteiger partial charge in [0.1, 0.15) is 6.10 Å². The molecule has 0 unspecified atom stereocenters. The minimum Gasteiger partial charge on any atom is -0.472 e. The van der Waals surface area contributed by atoms with Gasteiger partial charge in [-0.05, 0) is 36.6 Å². The predicted octanol–water partition coefficient (Wildman–Crippen LogP) is 1.40. The summed E-state index contributed by atoms with van der Waals surface area (Å²) in [6, 6.07) is 5.11. The Morgan fingerprint density at radius 3 is 2.70 bits per heavy atom. The summed E-state index contributed by atoms with van der Waals surface area (Å²) in [6.45, 7) is 2.31. The normalized spacial score (nSPS) is 25.8. The quantitative estimate of drug-likeness (QED) is 0.653. The average molecular weight is 470 g/mol. The molecule has 2 aromatic rings. The molecule has 33 heavy (non-hydrogen) atoms. The van der Waals surface area contributed by atoms with Gasteiger partial charge >= 0.3 is 0 Å². The highest BCUT2D eigenvalue weighted by molar-refractivity contribution is 7.89. The fourth-order valence-corrected chi connectivity index (χ4v) is 6.70. The summed E-state index contributed by atoms with van der Waals surface area (Å²) >= 11 is 0. The number of rotatable bonds is 5. The van der Waals surface area contributed by atoms with Crippen molar-refractivity contribution in [3.63, 3.8) is 0 Å². The maximum atomic E-state index is 13.4. The van der Waals surface area contributed by atoms with Gasteiger partial charge < -0.3 is 9.64 Å². The lowest BCUT2D eigenvalue weighted by Crippen LogP contribution is -2.51. The summed E-state index contributed by atoms with van der Waals surface area (Å²) in [4.78, 5) is 25.0. The van der Waals surface area contributed by atoms with Crippen LogP contribution in [-0.2, 0) is 21.2 Å². The molecule has 4 aliphatic rings. The van der Waals surface area contributed by atoms with E-state index in [2.05, 4.69) is 14.9 Å². The molecule has 0 spiro atoms. The van der Waals surface area contributed by atoms with E-state index in [1.165, 1.54) is 12.8 Å². The van der Waals surface area contributed by atoms with Crippen molar-refractivity contribution in [2.24, 2.45) is 0 Å². The Kier molecular flexibility index (Phi) is 4.93. The van der Waals surface area contributed by atoms with Gasteiger partial charge in [-0.15, -0.1) is 0 Å². The van der Waals surface area contributed by atoms with Crippen molar-refractivity contribution in [1.82, 2.24) is 19.2 Å². The van der Waals surface area contributed by atoms with Crippen LogP contribution in [0.3, 0.4) is 0 Å². The number of anilines is 1. The van der Waals surface area contributed by atoms with Crippen LogP contribution in [0.2, 0.25) is 0 Å². The van der Waals surface area contributed by atoms with Gasteiger partial charge in [-0.2, -0.15) is 4.31 Å². The molecule has 6 rings (SSSR count). The highest BCUT2D eigenvalue weighted by Gasteiger charge is 2.41. The zero-order chi connectivity index (χ0) is 22.7. The van der Waals surface area contributed by atoms with Gasteiger partial charge in [-0.3, -0.25) is 14.7 Å². The lowest BCUT2D eigenvalue weighted by atomic mass is 10.2. The number of carbonyl (C=O) groups is 1. The van der Waals surface area contributed by atoms with Gasteiger partial charge in [-0.1, -0.05) is 0 Å². The summed E-state index contributed by atoms with van der Waals surface area (Å²) < 4.78 is 34.4. The lowest BCUT2D eigenvalue weighted by Gasteiger charge is -2.36. The zero-order valence-corrected chi connectivity index (χ0v) is 19.4. The van der Waals surface area contributed by atoms with Gasteiger partial charge in [0.15, 0.2) is 0 Å². The fourth-order valence-electron chi connectivity index (χ4n) is 5.18. The molecule has 9 nitrogen and oxygen atoms in total. The second kappa shape index (κ2) is 7.75. The summed E-state index contributed by atoms with van der Waals surface area (Å²) in [6.07, 6.45) is 6.86. The van der Waals surface area contributed by atoms with E-state index in [0.29, 0.717) is 31.4 Å². The Morgan fingerprint density at radius 2 is 1.94 bits per heavy atom. The van der Waals surface area contributed by atoms with Crippen LogP contribution in [0.4, 0.5) is 5.69 Å². The first-order valence-electron chi connectivity index (χ1n) is 11.5. The molecule has 3 fully saturated rings. The Labute approximate surface area is 193 Å². The van der Waals surface area contributed by atoms with Crippen molar-refractivity contribution in [2.45, 2.75) is 48.6 Å². The topological polar surface area (TPSA) is 95.9 Å². The molecular formula is C23H27N5O4S. The molecule has 1 amide bonds. The lowest BCUT2D eigenvalue weighted by molar-refractivity contribution is -0.117. The number of aromatic nitrogens is 2. The maximum absolute atomic E-state index is 13.4. The Balaban J connectivity index is 1.12. The maximum Gasteiger partial charge on any atom is 0.243 e. The van der Waals surface area contributed by atoms with Crippen molar-refractivity contribution in [1.29, 1.82) is 0 Å². The van der Waals surface area contributed by atoms with Crippen LogP contribution in [0.15, 0.2) is 35.5 Å². The number of fused-ring (bicyclic) bond motifs is 2. The highest BCUT2D eigenvalue weighted by Crippen LogP contribution is 2.39. The molecule has 0 bridgehead atoms. The van der Waals surface area contributed by atoms with Gasteiger partial charge in [0, 0.05) is 57.3 Å². The number of piperazine rings is 1. The number of hydrogen-bond acceptors (Lipinski definition) is 7. The molecule has 1 saturated carbocycles. The molecule has 0 N–H and O–H groups in total. The number of carbonyl (C=O) groups excluding carboxylic acids is 1. The average Bonchev–Trinajstić information content (AvgIpc) is 3.52. The van der Waals surface area contributed by atoms with Gasteiger partial charge in [0.25, 0.3) is 0 Å². The number of ether oxygens (including phenoxy) is 1. The third-order valence-corrected chi connectivity index (χ3v) is 9.10. The standard InChI is InChI=1S/C23H27N5O4S/c1-26-21-5-4-19(8-16(21)9-23(26)29)33(30,31)28-7-6-27-14-18(10-17(27)13-28)32-22-12-24-20(11-25-22)15-2-3-15/h4-5,8,11-12,15,17-18H,2-3,6-7,9-10,13-14H2,1H3/t17-,18+/m0/s1. The van der Waals surface area contributed by atoms with E-state index < -0.39 is 10.0 Å². The van der Waals surface area contributed by atoms with E-state index in [1.54, 1.807) is 40.6 Å². The van der Waals surface area contributed by atoms with Crippen LogP contribution in [0.25, 0.3) is 0 Å². The Morgan fingerprint density at radius 1 is 1.09 bits per heavy atom. The summed E-state index contributed by atoms with van der Waals surface area (Å²) in [7, 11) is -1.91. The fraction of sp³-hybridized carbons (Fsp3) is 0.522. The minimum atomic E-state index is -3.63. The van der Waals surface area contributed by atoms with Crippen LogP contribution >= 0.6 is 0 Å². The molecule has 4 heterocycles. The summed E-state index contributed by atoms with van der Waals surface area (Å²) in [5.41, 5.74) is 2.59. The number of nitrogens with zero attached hydrogens (tertiary/aromatic N) is 5. The monoisotopic (exact) mass is 469 g/mol. The van der Waals surface area contributed by atoms with E-state index in [1.807, 2.05) is 6.20 Å². The number of likely N-dealkylation sites (N-methyl/N-ethyl adjacent to an activating group) is 1. The van der Waals surface area contributed by atoms with Gasteiger partial charge in [-0.25, -0.2) is 13.4 Å². The summed E-state index contributed by atoms with van der Waals surface area (Å²) in [5, 5.41) is 0. The Bertz CT molecular complexity index is 1200. The molecule has 2 atom stereocenters. The molecule has 3 aliphatic heterocycles. The molecule has 1 aromatic heterocycles.